The molecule has 0 spiro atoms. The number of hydrogen-bond acceptors (Lipinski definition) is 6. The number of amides is 1. The van der Waals surface area contributed by atoms with Crippen molar-refractivity contribution in [1.29, 1.82) is 0 Å². The quantitative estimate of drug-likeness (QED) is 0.772. The minimum Gasteiger partial charge on any atom is -0.362 e. The molecule has 0 atom stereocenters. The van der Waals surface area contributed by atoms with Crippen LogP contribution in [0, 0.1) is 6.92 Å². The van der Waals surface area contributed by atoms with E-state index in [0.717, 1.165) is 42.6 Å². The van der Waals surface area contributed by atoms with E-state index in [4.69, 9.17) is 11.6 Å². The molecule has 0 bridgehead atoms. The van der Waals surface area contributed by atoms with Gasteiger partial charge < -0.3 is 15.5 Å². The maximum Gasteiger partial charge on any atom is 0.224 e. The van der Waals surface area contributed by atoms with E-state index >= 15 is 0 Å². The first-order valence-electron chi connectivity index (χ1n) is 9.57. The van der Waals surface area contributed by atoms with E-state index in [9.17, 15) is 4.79 Å². The van der Waals surface area contributed by atoms with Crippen molar-refractivity contribution in [3.05, 3.63) is 40.8 Å². The molecule has 0 unspecified atom stereocenters. The molecule has 0 radical (unpaired) electrons. The molecule has 2 aromatic rings. The van der Waals surface area contributed by atoms with Gasteiger partial charge >= 0.3 is 0 Å². The summed E-state index contributed by atoms with van der Waals surface area (Å²) in [7, 11) is 3.96. The molecular weight excluding hydrogens is 376 g/mol. The van der Waals surface area contributed by atoms with Crippen molar-refractivity contribution in [1.82, 2.24) is 20.3 Å². The summed E-state index contributed by atoms with van der Waals surface area (Å²) >= 11 is 5.92. The van der Waals surface area contributed by atoms with Gasteiger partial charge in [-0.25, -0.2) is 4.98 Å². The van der Waals surface area contributed by atoms with Crippen molar-refractivity contribution < 1.29 is 4.79 Å². The zero-order valence-corrected chi connectivity index (χ0v) is 17.3. The maximum absolute atomic E-state index is 12.3. The van der Waals surface area contributed by atoms with Gasteiger partial charge in [0.1, 0.15) is 5.82 Å². The third-order valence-corrected chi connectivity index (χ3v) is 5.13. The van der Waals surface area contributed by atoms with Crippen LogP contribution in [-0.2, 0) is 11.2 Å². The Morgan fingerprint density at radius 3 is 2.57 bits per heavy atom. The number of nitrogens with zero attached hydrogens (tertiary/aromatic N) is 4. The van der Waals surface area contributed by atoms with E-state index < -0.39 is 0 Å². The second kappa shape index (κ2) is 9.19. The van der Waals surface area contributed by atoms with Crippen LogP contribution in [0.4, 0.5) is 11.8 Å². The topological polar surface area (TPSA) is 83.0 Å². The summed E-state index contributed by atoms with van der Waals surface area (Å²) in [5.41, 5.74) is 1.88. The van der Waals surface area contributed by atoms with Gasteiger partial charge in [0.2, 0.25) is 11.9 Å². The van der Waals surface area contributed by atoms with Crippen LogP contribution in [0.25, 0.3) is 0 Å². The molecule has 2 aromatic heterocycles. The molecule has 1 fully saturated rings. The molecule has 1 saturated carbocycles. The lowest BCUT2D eigenvalue weighted by Gasteiger charge is -2.30. The van der Waals surface area contributed by atoms with Gasteiger partial charge in [0.15, 0.2) is 0 Å². The molecule has 28 heavy (non-hydrogen) atoms. The first-order valence-corrected chi connectivity index (χ1v) is 9.95. The van der Waals surface area contributed by atoms with Gasteiger partial charge in [0, 0.05) is 50.3 Å². The molecule has 1 aliphatic carbocycles. The number of pyridine rings is 1. The summed E-state index contributed by atoms with van der Waals surface area (Å²) in [6.45, 7) is 2.01. The number of hydrogen-bond donors (Lipinski definition) is 2. The van der Waals surface area contributed by atoms with E-state index in [2.05, 4.69) is 25.6 Å². The maximum atomic E-state index is 12.3. The Morgan fingerprint density at radius 1 is 1.18 bits per heavy atom. The monoisotopic (exact) mass is 402 g/mol. The van der Waals surface area contributed by atoms with Gasteiger partial charge in [-0.1, -0.05) is 11.6 Å². The summed E-state index contributed by atoms with van der Waals surface area (Å²) < 4.78 is 0. The molecule has 7 nitrogen and oxygen atoms in total. The molecule has 150 valence electrons. The highest BCUT2D eigenvalue weighted by Gasteiger charge is 2.23. The first-order chi connectivity index (χ1) is 13.4. The molecule has 1 aliphatic rings. The summed E-state index contributed by atoms with van der Waals surface area (Å²) in [4.78, 5) is 27.3. The van der Waals surface area contributed by atoms with Gasteiger partial charge in [-0.05, 0) is 44.2 Å². The number of halogens is 1. The van der Waals surface area contributed by atoms with Crippen LogP contribution in [0.1, 0.15) is 36.8 Å². The van der Waals surface area contributed by atoms with E-state index in [1.54, 1.807) is 18.5 Å². The average Bonchev–Trinajstić information content (AvgIpc) is 2.64. The number of anilines is 2. The highest BCUT2D eigenvalue weighted by molar-refractivity contribution is 6.30. The van der Waals surface area contributed by atoms with Gasteiger partial charge in [0.05, 0.1) is 11.4 Å². The standard InChI is InChI=1S/C20H27ClN6O/c1-13-10-23-20(26-19(13)27(2)3)25-17-6-4-16(5-7-17)24-18(28)9-14-8-15(21)12-22-11-14/h8,10-12,16-17H,4-7,9H2,1-3H3,(H,24,28)(H,23,25,26). The fourth-order valence-corrected chi connectivity index (χ4v) is 3.73. The van der Waals surface area contributed by atoms with Gasteiger partial charge in [-0.3, -0.25) is 9.78 Å². The Kier molecular flexibility index (Phi) is 6.67. The second-order valence-electron chi connectivity index (χ2n) is 7.54. The molecule has 1 amide bonds. The minimum atomic E-state index is 0.0120. The smallest absolute Gasteiger partial charge is 0.224 e. The molecule has 8 heteroatoms. The number of carbonyl (C=O) groups excluding carboxylic acids is 1. The fraction of sp³-hybridized carbons (Fsp3) is 0.500. The van der Waals surface area contributed by atoms with Gasteiger partial charge in [-0.2, -0.15) is 4.98 Å². The van der Waals surface area contributed by atoms with Crippen molar-refractivity contribution in [2.24, 2.45) is 0 Å². The fourth-order valence-electron chi connectivity index (χ4n) is 3.54. The number of carbonyl (C=O) groups is 1. The molecule has 0 saturated heterocycles. The van der Waals surface area contributed by atoms with Crippen LogP contribution >= 0.6 is 11.6 Å². The lowest BCUT2D eigenvalue weighted by molar-refractivity contribution is -0.121. The summed E-state index contributed by atoms with van der Waals surface area (Å²) in [5, 5.41) is 7.11. The molecule has 0 aliphatic heterocycles. The van der Waals surface area contributed by atoms with Crippen molar-refractivity contribution in [2.45, 2.75) is 51.1 Å². The Labute approximate surface area is 170 Å². The lowest BCUT2D eigenvalue weighted by Crippen LogP contribution is -2.41. The third-order valence-electron chi connectivity index (χ3n) is 4.92. The van der Waals surface area contributed by atoms with Crippen LogP contribution in [0.2, 0.25) is 5.02 Å². The normalized spacial score (nSPS) is 19.1. The van der Waals surface area contributed by atoms with Crippen molar-refractivity contribution in [3.8, 4) is 0 Å². The van der Waals surface area contributed by atoms with Crippen molar-refractivity contribution in [3.63, 3.8) is 0 Å². The third kappa shape index (κ3) is 5.55. The van der Waals surface area contributed by atoms with E-state index in [0.29, 0.717) is 23.4 Å². The predicted octanol–water partition coefficient (Wildman–Crippen LogP) is 2.98. The second-order valence-corrected chi connectivity index (χ2v) is 7.98. The van der Waals surface area contributed by atoms with Crippen LogP contribution in [0.3, 0.4) is 0 Å². The molecule has 0 aromatic carbocycles. The van der Waals surface area contributed by atoms with Crippen LogP contribution < -0.4 is 15.5 Å². The van der Waals surface area contributed by atoms with Crippen molar-refractivity contribution in [2.75, 3.05) is 24.3 Å². The van der Waals surface area contributed by atoms with E-state index in [1.165, 1.54) is 0 Å². The summed E-state index contributed by atoms with van der Waals surface area (Å²) in [6.07, 6.45) is 9.20. The van der Waals surface area contributed by atoms with Crippen LogP contribution in [0.5, 0.6) is 0 Å². The number of aromatic nitrogens is 3. The van der Waals surface area contributed by atoms with E-state index in [-0.39, 0.29) is 11.9 Å². The Bertz CT molecular complexity index is 820. The SMILES string of the molecule is Cc1cnc(NC2CCC(NC(=O)Cc3cncc(Cl)c3)CC2)nc1N(C)C. The molecular formula is C20H27ClN6O. The zero-order valence-electron chi connectivity index (χ0n) is 16.6. The molecule has 3 rings (SSSR count). The minimum absolute atomic E-state index is 0.0120. The summed E-state index contributed by atoms with van der Waals surface area (Å²) in [6, 6.07) is 2.30. The van der Waals surface area contributed by atoms with Crippen molar-refractivity contribution >= 4 is 29.3 Å². The highest BCUT2D eigenvalue weighted by atomic mass is 35.5. The molecule has 2 heterocycles. The molecule has 2 N–H and O–H groups in total. The predicted molar refractivity (Wildman–Crippen MR) is 112 cm³/mol. The first kappa shape index (κ1) is 20.3. The van der Waals surface area contributed by atoms with Gasteiger partial charge in [-0.15, -0.1) is 0 Å². The highest BCUT2D eigenvalue weighted by Crippen LogP contribution is 2.23. The van der Waals surface area contributed by atoms with Crippen LogP contribution in [-0.4, -0.2) is 47.0 Å². The Hall–Kier alpha value is -2.41. The number of rotatable bonds is 6. The zero-order chi connectivity index (χ0) is 20.1. The van der Waals surface area contributed by atoms with Crippen LogP contribution in [0.15, 0.2) is 24.7 Å². The van der Waals surface area contributed by atoms with E-state index in [1.807, 2.05) is 32.1 Å². The lowest BCUT2D eigenvalue weighted by atomic mass is 9.91. The summed E-state index contributed by atoms with van der Waals surface area (Å²) in [5.74, 6) is 1.60. The Morgan fingerprint density at radius 2 is 1.89 bits per heavy atom. The van der Waals surface area contributed by atoms with Gasteiger partial charge in [0.25, 0.3) is 0 Å². The number of aryl methyl sites for hydroxylation is 1. The largest absolute Gasteiger partial charge is 0.362 e. The average molecular weight is 403 g/mol. The number of nitrogens with one attached hydrogen (secondary N) is 2. The Balaban J connectivity index is 1.47.